The Bertz CT molecular complexity index is 553. The Kier molecular flexibility index (Phi) is 5.19. The first kappa shape index (κ1) is 16.5. The van der Waals surface area contributed by atoms with Crippen molar-refractivity contribution in [1.82, 2.24) is 4.90 Å². The summed E-state index contributed by atoms with van der Waals surface area (Å²) < 4.78 is 5.11. The van der Waals surface area contributed by atoms with Crippen molar-refractivity contribution in [3.63, 3.8) is 0 Å². The molecule has 1 aromatic carbocycles. The highest BCUT2D eigenvalue weighted by molar-refractivity contribution is 5.96. The van der Waals surface area contributed by atoms with Gasteiger partial charge in [0.25, 0.3) is 5.91 Å². The lowest BCUT2D eigenvalue weighted by Crippen LogP contribution is -2.52. The number of hydrogen-bond donors (Lipinski definition) is 1. The van der Waals surface area contributed by atoms with E-state index in [9.17, 15) is 14.7 Å². The van der Waals surface area contributed by atoms with E-state index in [1.165, 1.54) is 7.11 Å². The van der Waals surface area contributed by atoms with Crippen molar-refractivity contribution in [2.75, 3.05) is 26.8 Å². The van der Waals surface area contributed by atoms with Crippen LogP contribution in [0.3, 0.4) is 0 Å². The normalized spacial score (nSPS) is 21.6. The fourth-order valence-corrected chi connectivity index (χ4v) is 3.14. The SMILES string of the molecule is CCc1ccccc1C(=O)N1CCCC(COC)(C(=O)O)C1. The number of carbonyl (C=O) groups excluding carboxylic acids is 1. The molecule has 0 bridgehead atoms. The average molecular weight is 305 g/mol. The second kappa shape index (κ2) is 6.92. The number of ether oxygens (including phenoxy) is 1. The number of aliphatic carboxylic acids is 1. The molecule has 5 nitrogen and oxygen atoms in total. The number of methoxy groups -OCH3 is 1. The van der Waals surface area contributed by atoms with Gasteiger partial charge in [0.2, 0.25) is 0 Å². The van der Waals surface area contributed by atoms with Crippen LogP contribution in [0.2, 0.25) is 0 Å². The Labute approximate surface area is 130 Å². The lowest BCUT2D eigenvalue weighted by Gasteiger charge is -2.39. The van der Waals surface area contributed by atoms with E-state index in [2.05, 4.69) is 0 Å². The number of benzene rings is 1. The summed E-state index contributed by atoms with van der Waals surface area (Å²) >= 11 is 0. The van der Waals surface area contributed by atoms with E-state index in [1.54, 1.807) is 4.90 Å². The number of likely N-dealkylation sites (tertiary alicyclic amines) is 1. The molecule has 1 aliphatic heterocycles. The number of amides is 1. The molecule has 1 atom stereocenters. The van der Waals surface area contributed by atoms with Gasteiger partial charge in [-0.2, -0.15) is 0 Å². The Morgan fingerprint density at radius 2 is 2.09 bits per heavy atom. The van der Waals surface area contributed by atoms with Crippen molar-refractivity contribution in [2.24, 2.45) is 5.41 Å². The number of hydrogen-bond acceptors (Lipinski definition) is 3. The molecular weight excluding hydrogens is 282 g/mol. The van der Waals surface area contributed by atoms with Crippen molar-refractivity contribution in [2.45, 2.75) is 26.2 Å². The molecule has 2 rings (SSSR count). The zero-order valence-electron chi connectivity index (χ0n) is 13.2. The predicted octanol–water partition coefficient (Wildman–Crippen LogP) is 2.20. The quantitative estimate of drug-likeness (QED) is 0.905. The van der Waals surface area contributed by atoms with Crippen molar-refractivity contribution < 1.29 is 19.4 Å². The smallest absolute Gasteiger partial charge is 0.313 e. The summed E-state index contributed by atoms with van der Waals surface area (Å²) in [5.74, 6) is -0.977. The molecule has 0 saturated carbocycles. The molecule has 0 aliphatic carbocycles. The molecular formula is C17H23NO4. The minimum atomic E-state index is -0.996. The molecule has 1 amide bonds. The predicted molar refractivity (Wildman–Crippen MR) is 82.9 cm³/mol. The van der Waals surface area contributed by atoms with Crippen LogP contribution in [0, 0.1) is 5.41 Å². The van der Waals surface area contributed by atoms with Crippen LogP contribution < -0.4 is 0 Å². The number of carboxylic acids is 1. The lowest BCUT2D eigenvalue weighted by molar-refractivity contribution is -0.155. The van der Waals surface area contributed by atoms with Gasteiger partial charge in [0.15, 0.2) is 0 Å². The summed E-state index contributed by atoms with van der Waals surface area (Å²) in [4.78, 5) is 26.1. The first-order valence-corrected chi connectivity index (χ1v) is 7.63. The van der Waals surface area contributed by atoms with Crippen LogP contribution in [0.5, 0.6) is 0 Å². The average Bonchev–Trinajstić information content (AvgIpc) is 2.54. The summed E-state index contributed by atoms with van der Waals surface area (Å²) in [6.07, 6.45) is 1.99. The highest BCUT2D eigenvalue weighted by atomic mass is 16.5. The maximum Gasteiger partial charge on any atom is 0.313 e. The first-order valence-electron chi connectivity index (χ1n) is 7.63. The van der Waals surface area contributed by atoms with E-state index in [1.807, 2.05) is 31.2 Å². The van der Waals surface area contributed by atoms with Gasteiger partial charge in [-0.05, 0) is 30.9 Å². The molecule has 1 heterocycles. The Morgan fingerprint density at radius 1 is 1.36 bits per heavy atom. The molecule has 1 unspecified atom stereocenters. The highest BCUT2D eigenvalue weighted by Crippen LogP contribution is 2.32. The van der Waals surface area contributed by atoms with Crippen molar-refractivity contribution in [1.29, 1.82) is 0 Å². The highest BCUT2D eigenvalue weighted by Gasteiger charge is 2.44. The molecule has 120 valence electrons. The van der Waals surface area contributed by atoms with Gasteiger partial charge in [-0.1, -0.05) is 25.1 Å². The van der Waals surface area contributed by atoms with Crippen molar-refractivity contribution in [3.05, 3.63) is 35.4 Å². The van der Waals surface area contributed by atoms with Crippen LogP contribution in [0.1, 0.15) is 35.7 Å². The van der Waals surface area contributed by atoms with Gasteiger partial charge in [0, 0.05) is 25.8 Å². The Morgan fingerprint density at radius 3 is 2.73 bits per heavy atom. The number of nitrogens with zero attached hydrogens (tertiary/aromatic N) is 1. The van der Waals surface area contributed by atoms with Crippen LogP contribution in [0.25, 0.3) is 0 Å². The summed E-state index contributed by atoms with van der Waals surface area (Å²) in [6.45, 7) is 2.93. The van der Waals surface area contributed by atoms with Crippen LogP contribution in [0.4, 0.5) is 0 Å². The molecule has 22 heavy (non-hydrogen) atoms. The van der Waals surface area contributed by atoms with Crippen LogP contribution in [0.15, 0.2) is 24.3 Å². The van der Waals surface area contributed by atoms with E-state index in [0.29, 0.717) is 24.9 Å². The molecule has 1 N–H and O–H groups in total. The van der Waals surface area contributed by atoms with E-state index in [-0.39, 0.29) is 19.1 Å². The molecule has 0 aromatic heterocycles. The third-order valence-electron chi connectivity index (χ3n) is 4.37. The molecule has 1 aliphatic rings. The number of carboxylic acid groups (broad SMARTS) is 1. The standard InChI is InChI=1S/C17H23NO4/c1-3-13-7-4-5-8-14(13)15(19)18-10-6-9-17(11-18,12-22-2)16(20)21/h4-5,7-8H,3,6,9-12H2,1-2H3,(H,20,21). The molecule has 0 radical (unpaired) electrons. The first-order chi connectivity index (χ1) is 10.5. The number of rotatable bonds is 5. The molecule has 1 aromatic rings. The number of piperidine rings is 1. The van der Waals surface area contributed by atoms with Gasteiger partial charge in [-0.3, -0.25) is 9.59 Å². The second-order valence-corrected chi connectivity index (χ2v) is 5.86. The Hall–Kier alpha value is -1.88. The topological polar surface area (TPSA) is 66.8 Å². The van der Waals surface area contributed by atoms with Gasteiger partial charge < -0.3 is 14.7 Å². The van der Waals surface area contributed by atoms with Gasteiger partial charge in [0.05, 0.1) is 6.61 Å². The maximum atomic E-state index is 12.8. The maximum absolute atomic E-state index is 12.8. The Balaban J connectivity index is 2.25. The van der Waals surface area contributed by atoms with Crippen molar-refractivity contribution >= 4 is 11.9 Å². The zero-order chi connectivity index (χ0) is 16.2. The fourth-order valence-electron chi connectivity index (χ4n) is 3.14. The minimum Gasteiger partial charge on any atom is -0.481 e. The van der Waals surface area contributed by atoms with Gasteiger partial charge in [-0.25, -0.2) is 0 Å². The zero-order valence-corrected chi connectivity index (χ0v) is 13.2. The molecule has 1 saturated heterocycles. The van der Waals surface area contributed by atoms with Crippen LogP contribution >= 0.6 is 0 Å². The summed E-state index contributed by atoms with van der Waals surface area (Å²) in [6, 6.07) is 7.51. The minimum absolute atomic E-state index is 0.0844. The summed E-state index contributed by atoms with van der Waals surface area (Å²) in [7, 11) is 1.50. The van der Waals surface area contributed by atoms with E-state index in [4.69, 9.17) is 4.74 Å². The molecule has 0 spiro atoms. The van der Waals surface area contributed by atoms with Crippen LogP contribution in [-0.2, 0) is 16.0 Å². The largest absolute Gasteiger partial charge is 0.481 e. The van der Waals surface area contributed by atoms with Gasteiger partial charge in [0.1, 0.15) is 5.41 Å². The van der Waals surface area contributed by atoms with Gasteiger partial charge >= 0.3 is 5.97 Å². The van der Waals surface area contributed by atoms with Crippen LogP contribution in [-0.4, -0.2) is 48.7 Å². The monoisotopic (exact) mass is 305 g/mol. The number of aryl methyl sites for hydroxylation is 1. The fraction of sp³-hybridized carbons (Fsp3) is 0.529. The third kappa shape index (κ3) is 3.14. The lowest BCUT2D eigenvalue weighted by atomic mass is 9.80. The van der Waals surface area contributed by atoms with Crippen molar-refractivity contribution in [3.8, 4) is 0 Å². The van der Waals surface area contributed by atoms with E-state index in [0.717, 1.165) is 12.0 Å². The van der Waals surface area contributed by atoms with E-state index < -0.39 is 11.4 Å². The summed E-state index contributed by atoms with van der Waals surface area (Å²) in [5, 5.41) is 9.57. The summed E-state index contributed by atoms with van der Waals surface area (Å²) in [5.41, 5.74) is 0.665. The molecule has 5 heteroatoms. The third-order valence-corrected chi connectivity index (χ3v) is 4.37. The van der Waals surface area contributed by atoms with Gasteiger partial charge in [-0.15, -0.1) is 0 Å². The van der Waals surface area contributed by atoms with E-state index >= 15 is 0 Å². The number of carbonyl (C=O) groups is 2. The molecule has 1 fully saturated rings. The second-order valence-electron chi connectivity index (χ2n) is 5.86.